The second kappa shape index (κ2) is 8.47. The number of benzene rings is 2. The molecule has 24 heavy (non-hydrogen) atoms. The van der Waals surface area contributed by atoms with Crippen LogP contribution in [-0.2, 0) is 16.0 Å². The van der Waals surface area contributed by atoms with E-state index in [1.54, 1.807) is 30.3 Å². The van der Waals surface area contributed by atoms with Crippen LogP contribution in [0.4, 0.5) is 0 Å². The third kappa shape index (κ3) is 5.24. The molecule has 0 spiro atoms. The van der Waals surface area contributed by atoms with Crippen LogP contribution in [0.15, 0.2) is 60.7 Å². The molecule has 0 aliphatic heterocycles. The van der Waals surface area contributed by atoms with Gasteiger partial charge >= 0.3 is 0 Å². The topological polar surface area (TPSA) is 101 Å². The summed E-state index contributed by atoms with van der Waals surface area (Å²) in [5.41, 5.74) is 6.68. The molecule has 2 aromatic carbocycles. The largest absolute Gasteiger partial charge is 0.368 e. The van der Waals surface area contributed by atoms with E-state index >= 15 is 0 Å². The van der Waals surface area contributed by atoms with Crippen molar-refractivity contribution in [3.8, 4) is 0 Å². The molecule has 0 aromatic heterocycles. The van der Waals surface area contributed by atoms with Gasteiger partial charge in [-0.05, 0) is 17.7 Å². The fourth-order valence-corrected chi connectivity index (χ4v) is 2.17. The van der Waals surface area contributed by atoms with E-state index in [1.165, 1.54) is 0 Å². The van der Waals surface area contributed by atoms with E-state index in [9.17, 15) is 14.4 Å². The average molecular weight is 325 g/mol. The van der Waals surface area contributed by atoms with Crippen molar-refractivity contribution in [1.82, 2.24) is 10.6 Å². The van der Waals surface area contributed by atoms with E-state index < -0.39 is 17.9 Å². The van der Waals surface area contributed by atoms with E-state index in [2.05, 4.69) is 10.6 Å². The maximum Gasteiger partial charge on any atom is 0.251 e. The van der Waals surface area contributed by atoms with Crippen LogP contribution in [0, 0.1) is 0 Å². The standard InChI is InChI=1S/C18H19N3O3/c19-17(23)15(11-13-7-3-1-4-8-13)21-16(22)12-20-18(24)14-9-5-2-6-10-14/h1-10,15H,11-12H2,(H2,19,23)(H,20,24)(H,21,22)/t15-/m1/s1. The van der Waals surface area contributed by atoms with Crippen molar-refractivity contribution >= 4 is 17.7 Å². The highest BCUT2D eigenvalue weighted by molar-refractivity contribution is 5.97. The number of hydrogen-bond acceptors (Lipinski definition) is 3. The van der Waals surface area contributed by atoms with E-state index in [1.807, 2.05) is 30.3 Å². The molecule has 2 aromatic rings. The Kier molecular flexibility index (Phi) is 6.08. The molecule has 0 heterocycles. The van der Waals surface area contributed by atoms with Gasteiger partial charge in [-0.1, -0.05) is 48.5 Å². The lowest BCUT2D eigenvalue weighted by Gasteiger charge is -2.16. The van der Waals surface area contributed by atoms with Gasteiger partial charge in [0.25, 0.3) is 5.91 Å². The first-order valence-electron chi connectivity index (χ1n) is 7.52. The Labute approximate surface area is 140 Å². The van der Waals surface area contributed by atoms with Crippen LogP contribution in [0.5, 0.6) is 0 Å². The smallest absolute Gasteiger partial charge is 0.251 e. The first-order chi connectivity index (χ1) is 11.6. The van der Waals surface area contributed by atoms with Crippen LogP contribution in [-0.4, -0.2) is 30.3 Å². The van der Waals surface area contributed by atoms with E-state index in [4.69, 9.17) is 5.73 Å². The Hall–Kier alpha value is -3.15. The monoisotopic (exact) mass is 325 g/mol. The fourth-order valence-electron chi connectivity index (χ4n) is 2.17. The third-order valence-corrected chi connectivity index (χ3v) is 3.41. The predicted octanol–water partition coefficient (Wildman–Crippen LogP) is 0.629. The van der Waals surface area contributed by atoms with Crippen LogP contribution in [0.2, 0.25) is 0 Å². The van der Waals surface area contributed by atoms with Crippen molar-refractivity contribution in [2.75, 3.05) is 6.54 Å². The van der Waals surface area contributed by atoms with Gasteiger partial charge in [-0.15, -0.1) is 0 Å². The normalized spacial score (nSPS) is 11.3. The number of carbonyl (C=O) groups excluding carboxylic acids is 3. The molecule has 0 unspecified atom stereocenters. The van der Waals surface area contributed by atoms with Crippen molar-refractivity contribution < 1.29 is 14.4 Å². The Morgan fingerprint density at radius 3 is 2.08 bits per heavy atom. The molecule has 6 nitrogen and oxygen atoms in total. The summed E-state index contributed by atoms with van der Waals surface area (Å²) in [5, 5.41) is 5.05. The number of nitrogens with two attached hydrogens (primary N) is 1. The van der Waals surface area contributed by atoms with Crippen molar-refractivity contribution in [3.05, 3.63) is 71.8 Å². The first-order valence-corrected chi connectivity index (χ1v) is 7.52. The third-order valence-electron chi connectivity index (χ3n) is 3.41. The molecule has 2 rings (SSSR count). The minimum Gasteiger partial charge on any atom is -0.368 e. The summed E-state index contributed by atoms with van der Waals surface area (Å²) >= 11 is 0. The lowest BCUT2D eigenvalue weighted by molar-refractivity contribution is -0.126. The van der Waals surface area contributed by atoms with E-state index in [0.29, 0.717) is 12.0 Å². The summed E-state index contributed by atoms with van der Waals surface area (Å²) in [7, 11) is 0. The lowest BCUT2D eigenvalue weighted by Crippen LogP contribution is -2.49. The van der Waals surface area contributed by atoms with E-state index in [0.717, 1.165) is 5.56 Å². The molecule has 6 heteroatoms. The van der Waals surface area contributed by atoms with Gasteiger partial charge in [0.15, 0.2) is 0 Å². The first kappa shape index (κ1) is 17.2. The molecular formula is C18H19N3O3. The molecule has 0 saturated heterocycles. The molecule has 1 atom stereocenters. The molecule has 0 bridgehead atoms. The highest BCUT2D eigenvalue weighted by Gasteiger charge is 2.18. The summed E-state index contributed by atoms with van der Waals surface area (Å²) in [5.74, 6) is -1.45. The summed E-state index contributed by atoms with van der Waals surface area (Å²) in [6.07, 6.45) is 0.300. The number of amides is 3. The fraction of sp³-hybridized carbons (Fsp3) is 0.167. The Morgan fingerprint density at radius 1 is 0.917 bits per heavy atom. The number of hydrogen-bond donors (Lipinski definition) is 3. The predicted molar refractivity (Wildman–Crippen MR) is 90.0 cm³/mol. The van der Waals surface area contributed by atoms with Crippen molar-refractivity contribution in [2.45, 2.75) is 12.5 Å². The highest BCUT2D eigenvalue weighted by atomic mass is 16.2. The molecule has 0 saturated carbocycles. The minimum absolute atomic E-state index is 0.230. The summed E-state index contributed by atoms with van der Waals surface area (Å²) < 4.78 is 0. The number of primary amides is 1. The zero-order valence-corrected chi connectivity index (χ0v) is 13.1. The molecule has 3 amide bonds. The van der Waals surface area contributed by atoms with Crippen LogP contribution < -0.4 is 16.4 Å². The second-order valence-corrected chi connectivity index (χ2v) is 5.26. The Morgan fingerprint density at radius 2 is 1.50 bits per heavy atom. The van der Waals surface area contributed by atoms with Crippen molar-refractivity contribution in [2.24, 2.45) is 5.73 Å². The second-order valence-electron chi connectivity index (χ2n) is 5.26. The molecule has 0 fully saturated rings. The van der Waals surface area contributed by atoms with Crippen molar-refractivity contribution in [3.63, 3.8) is 0 Å². The maximum absolute atomic E-state index is 12.0. The molecular weight excluding hydrogens is 306 g/mol. The van der Waals surface area contributed by atoms with Gasteiger partial charge in [-0.25, -0.2) is 0 Å². The van der Waals surface area contributed by atoms with Gasteiger partial charge in [-0.3, -0.25) is 14.4 Å². The SMILES string of the molecule is NC(=O)[C@@H](Cc1ccccc1)NC(=O)CNC(=O)c1ccccc1. The van der Waals surface area contributed by atoms with Gasteiger partial charge in [0.1, 0.15) is 6.04 Å². The molecule has 124 valence electrons. The number of rotatable bonds is 7. The molecule has 0 aliphatic rings. The van der Waals surface area contributed by atoms with Crippen molar-refractivity contribution in [1.29, 1.82) is 0 Å². The van der Waals surface area contributed by atoms with Gasteiger partial charge < -0.3 is 16.4 Å². The Bertz CT molecular complexity index is 702. The number of carbonyl (C=O) groups is 3. The van der Waals surface area contributed by atoms with Gasteiger partial charge in [-0.2, -0.15) is 0 Å². The van der Waals surface area contributed by atoms with Crippen LogP contribution in [0.1, 0.15) is 15.9 Å². The summed E-state index contributed by atoms with van der Waals surface area (Å²) in [6.45, 7) is -0.230. The zero-order valence-electron chi connectivity index (χ0n) is 13.1. The summed E-state index contributed by atoms with van der Waals surface area (Å²) in [4.78, 5) is 35.3. The number of nitrogens with one attached hydrogen (secondary N) is 2. The molecule has 4 N–H and O–H groups in total. The zero-order chi connectivity index (χ0) is 17.4. The average Bonchev–Trinajstić information content (AvgIpc) is 2.60. The summed E-state index contributed by atoms with van der Waals surface area (Å²) in [6, 6.07) is 17.0. The van der Waals surface area contributed by atoms with Gasteiger partial charge in [0, 0.05) is 12.0 Å². The lowest BCUT2D eigenvalue weighted by atomic mass is 10.1. The minimum atomic E-state index is -0.825. The highest BCUT2D eigenvalue weighted by Crippen LogP contribution is 2.03. The van der Waals surface area contributed by atoms with E-state index in [-0.39, 0.29) is 12.5 Å². The van der Waals surface area contributed by atoms with Crippen LogP contribution in [0.25, 0.3) is 0 Å². The quantitative estimate of drug-likeness (QED) is 0.696. The van der Waals surface area contributed by atoms with Gasteiger partial charge in [0.05, 0.1) is 6.54 Å². The maximum atomic E-state index is 12.0. The van der Waals surface area contributed by atoms with Crippen LogP contribution in [0.3, 0.4) is 0 Å². The van der Waals surface area contributed by atoms with Crippen LogP contribution >= 0.6 is 0 Å². The molecule has 0 radical (unpaired) electrons. The Balaban J connectivity index is 1.87. The molecule has 0 aliphatic carbocycles. The van der Waals surface area contributed by atoms with Gasteiger partial charge in [0.2, 0.25) is 11.8 Å².